The van der Waals surface area contributed by atoms with Gasteiger partial charge in [-0.2, -0.15) is 5.10 Å². The van der Waals surface area contributed by atoms with Crippen LogP contribution >= 0.6 is 0 Å². The van der Waals surface area contributed by atoms with Crippen LogP contribution in [0.5, 0.6) is 0 Å². The van der Waals surface area contributed by atoms with E-state index in [2.05, 4.69) is 36.4 Å². The quantitative estimate of drug-likeness (QED) is 0.654. The predicted molar refractivity (Wildman–Crippen MR) is 121 cm³/mol. The monoisotopic (exact) mass is 430 g/mol. The molecule has 6 heteroatoms. The van der Waals surface area contributed by atoms with Gasteiger partial charge in [0.2, 0.25) is 0 Å². The van der Waals surface area contributed by atoms with Gasteiger partial charge >= 0.3 is 0 Å². The Hall–Kier alpha value is -3.15. The number of fused-ring (bicyclic) bond motifs is 2. The van der Waals surface area contributed by atoms with Crippen LogP contribution in [0.3, 0.4) is 0 Å². The summed E-state index contributed by atoms with van der Waals surface area (Å²) in [6.07, 6.45) is 3.61. The van der Waals surface area contributed by atoms with Crippen molar-refractivity contribution in [3.05, 3.63) is 83.3 Å². The SMILES string of the molecule is CC1(C)C[C@H](c2ccccc2)Nc2c(C(=O)N3CC4CC4(c4cccc(F)c4)C3)cnn21. The Morgan fingerprint density at radius 3 is 2.72 bits per heavy atom. The normalized spacial score (nSPS) is 27.4. The second-order valence-electron chi connectivity index (χ2n) is 10.2. The lowest BCUT2D eigenvalue weighted by Gasteiger charge is -2.38. The summed E-state index contributed by atoms with van der Waals surface area (Å²) < 4.78 is 15.8. The van der Waals surface area contributed by atoms with Crippen molar-refractivity contribution in [2.75, 3.05) is 18.4 Å². The summed E-state index contributed by atoms with van der Waals surface area (Å²) in [4.78, 5) is 15.5. The summed E-state index contributed by atoms with van der Waals surface area (Å²) in [6, 6.07) is 17.3. The van der Waals surface area contributed by atoms with Gasteiger partial charge in [-0.3, -0.25) is 4.79 Å². The van der Waals surface area contributed by atoms with Crippen molar-refractivity contribution in [1.29, 1.82) is 0 Å². The van der Waals surface area contributed by atoms with E-state index in [1.165, 1.54) is 11.6 Å². The Morgan fingerprint density at radius 2 is 1.94 bits per heavy atom. The first kappa shape index (κ1) is 19.5. The van der Waals surface area contributed by atoms with Crippen molar-refractivity contribution in [2.45, 2.75) is 43.7 Å². The van der Waals surface area contributed by atoms with Gasteiger partial charge in [-0.25, -0.2) is 9.07 Å². The van der Waals surface area contributed by atoms with E-state index in [4.69, 9.17) is 0 Å². The van der Waals surface area contributed by atoms with E-state index in [0.29, 0.717) is 24.6 Å². The van der Waals surface area contributed by atoms with Gasteiger partial charge < -0.3 is 10.2 Å². The van der Waals surface area contributed by atoms with Crippen LogP contribution in [0.1, 0.15) is 54.2 Å². The molecule has 1 N–H and O–H groups in total. The van der Waals surface area contributed by atoms with Gasteiger partial charge in [-0.05, 0) is 55.9 Å². The zero-order valence-corrected chi connectivity index (χ0v) is 18.4. The van der Waals surface area contributed by atoms with Crippen molar-refractivity contribution in [3.63, 3.8) is 0 Å². The van der Waals surface area contributed by atoms with Crippen LogP contribution < -0.4 is 5.32 Å². The number of nitrogens with one attached hydrogen (secondary N) is 1. The topological polar surface area (TPSA) is 50.2 Å². The summed E-state index contributed by atoms with van der Waals surface area (Å²) in [6.45, 7) is 5.68. The number of halogens is 1. The van der Waals surface area contributed by atoms with Crippen molar-refractivity contribution >= 4 is 11.7 Å². The number of hydrogen-bond acceptors (Lipinski definition) is 3. The highest BCUT2D eigenvalue weighted by Gasteiger charge is 2.61. The highest BCUT2D eigenvalue weighted by molar-refractivity contribution is 5.99. The molecular formula is C26H27FN4O. The molecule has 1 aliphatic carbocycles. The van der Waals surface area contributed by atoms with E-state index >= 15 is 0 Å². The minimum Gasteiger partial charge on any atom is -0.363 e. The molecule has 32 heavy (non-hydrogen) atoms. The summed E-state index contributed by atoms with van der Waals surface area (Å²) in [5, 5.41) is 8.20. The zero-order chi connectivity index (χ0) is 22.1. The second kappa shape index (κ2) is 6.67. The van der Waals surface area contributed by atoms with Gasteiger partial charge in [0.15, 0.2) is 0 Å². The number of piperidine rings is 1. The number of likely N-dealkylation sites (tertiary alicyclic amines) is 1. The Balaban J connectivity index is 1.29. The maximum Gasteiger partial charge on any atom is 0.259 e. The summed E-state index contributed by atoms with van der Waals surface area (Å²) in [5.41, 5.74) is 2.53. The fraction of sp³-hybridized carbons (Fsp3) is 0.385. The molecule has 5 nitrogen and oxygen atoms in total. The van der Waals surface area contributed by atoms with E-state index < -0.39 is 0 Å². The molecular weight excluding hydrogens is 403 g/mol. The molecule has 2 aromatic carbocycles. The van der Waals surface area contributed by atoms with Crippen LogP contribution in [0.4, 0.5) is 10.2 Å². The summed E-state index contributed by atoms with van der Waals surface area (Å²) in [7, 11) is 0. The Kier molecular flexibility index (Phi) is 4.07. The maximum absolute atomic E-state index is 13.8. The third-order valence-corrected chi connectivity index (χ3v) is 7.62. The van der Waals surface area contributed by atoms with E-state index in [1.807, 2.05) is 33.8 Å². The number of amides is 1. The number of rotatable bonds is 3. The van der Waals surface area contributed by atoms with Crippen LogP contribution in [-0.4, -0.2) is 33.7 Å². The van der Waals surface area contributed by atoms with Crippen molar-refractivity contribution in [2.24, 2.45) is 5.92 Å². The Bertz CT molecular complexity index is 1200. The van der Waals surface area contributed by atoms with Crippen molar-refractivity contribution in [1.82, 2.24) is 14.7 Å². The number of aromatic nitrogens is 2. The van der Waals surface area contributed by atoms with Crippen LogP contribution in [0.25, 0.3) is 0 Å². The molecule has 6 rings (SSSR count). The van der Waals surface area contributed by atoms with Gasteiger partial charge in [0.25, 0.3) is 5.91 Å². The van der Waals surface area contributed by atoms with Crippen LogP contribution in [-0.2, 0) is 11.0 Å². The average Bonchev–Trinajstić information content (AvgIpc) is 3.13. The molecule has 1 aromatic heterocycles. The smallest absolute Gasteiger partial charge is 0.259 e. The van der Waals surface area contributed by atoms with Gasteiger partial charge in [-0.1, -0.05) is 42.5 Å². The number of hydrogen-bond donors (Lipinski definition) is 1. The molecule has 2 unspecified atom stereocenters. The predicted octanol–water partition coefficient (Wildman–Crippen LogP) is 4.73. The molecule has 0 radical (unpaired) electrons. The maximum atomic E-state index is 13.8. The molecule has 164 valence electrons. The molecule has 3 atom stereocenters. The van der Waals surface area contributed by atoms with Gasteiger partial charge in [0.05, 0.1) is 17.8 Å². The van der Waals surface area contributed by atoms with E-state index in [-0.39, 0.29) is 28.7 Å². The third-order valence-electron chi connectivity index (χ3n) is 7.62. The van der Waals surface area contributed by atoms with E-state index in [1.54, 1.807) is 18.3 Å². The molecule has 0 spiro atoms. The van der Waals surface area contributed by atoms with E-state index in [9.17, 15) is 9.18 Å². The molecule has 1 amide bonds. The third kappa shape index (κ3) is 2.89. The number of carbonyl (C=O) groups is 1. The molecule has 3 aromatic rings. The molecule has 3 heterocycles. The molecule has 1 saturated carbocycles. The fourth-order valence-electron chi connectivity index (χ4n) is 5.84. The molecule has 0 bridgehead atoms. The molecule has 2 fully saturated rings. The minimum atomic E-state index is -0.213. The lowest BCUT2D eigenvalue weighted by molar-refractivity contribution is 0.0772. The molecule has 1 saturated heterocycles. The largest absolute Gasteiger partial charge is 0.363 e. The first-order valence-corrected chi connectivity index (χ1v) is 11.3. The molecule has 2 aliphatic heterocycles. The van der Waals surface area contributed by atoms with Crippen LogP contribution in [0, 0.1) is 11.7 Å². The van der Waals surface area contributed by atoms with Crippen LogP contribution in [0.15, 0.2) is 60.8 Å². The van der Waals surface area contributed by atoms with Crippen molar-refractivity contribution in [3.8, 4) is 0 Å². The highest BCUT2D eigenvalue weighted by Crippen LogP contribution is 2.59. The highest BCUT2D eigenvalue weighted by atomic mass is 19.1. The number of carbonyl (C=O) groups excluding carboxylic acids is 1. The number of benzene rings is 2. The van der Waals surface area contributed by atoms with Crippen LogP contribution in [0.2, 0.25) is 0 Å². The summed E-state index contributed by atoms with van der Waals surface area (Å²) >= 11 is 0. The van der Waals surface area contributed by atoms with Crippen molar-refractivity contribution < 1.29 is 9.18 Å². The van der Waals surface area contributed by atoms with Gasteiger partial charge in [-0.15, -0.1) is 0 Å². The Labute approximate surface area is 187 Å². The number of anilines is 1. The fourth-order valence-corrected chi connectivity index (χ4v) is 5.84. The summed E-state index contributed by atoms with van der Waals surface area (Å²) in [5.74, 6) is 0.990. The Morgan fingerprint density at radius 1 is 1.12 bits per heavy atom. The first-order valence-electron chi connectivity index (χ1n) is 11.3. The van der Waals surface area contributed by atoms with Gasteiger partial charge in [0.1, 0.15) is 17.2 Å². The lowest BCUT2D eigenvalue weighted by atomic mass is 9.89. The second-order valence-corrected chi connectivity index (χ2v) is 10.2. The lowest BCUT2D eigenvalue weighted by Crippen LogP contribution is -2.39. The van der Waals surface area contributed by atoms with Gasteiger partial charge in [0, 0.05) is 18.5 Å². The standard InChI is InChI=1S/C26H27FN4O/c1-25(2)13-22(17-7-4-3-5-8-17)29-23-21(14-28-31(23)25)24(32)30-15-19-12-26(19,16-30)18-9-6-10-20(27)11-18/h3-11,14,19,22,29H,12-13,15-16H2,1-2H3/t19?,22-,26?/m1/s1. The first-order chi connectivity index (χ1) is 15.4. The van der Waals surface area contributed by atoms with E-state index in [0.717, 1.165) is 24.2 Å². The average molecular weight is 431 g/mol. The zero-order valence-electron chi connectivity index (χ0n) is 18.4. The molecule has 3 aliphatic rings. The number of nitrogens with zero attached hydrogens (tertiary/aromatic N) is 3. The minimum absolute atomic E-state index is 0.00578.